The second-order valence-electron chi connectivity index (χ2n) is 5.08. The van der Waals surface area contributed by atoms with Gasteiger partial charge in [-0.15, -0.1) is 0 Å². The molecule has 1 atom stereocenters. The Labute approximate surface area is 113 Å². The van der Waals surface area contributed by atoms with Crippen molar-refractivity contribution in [3.05, 3.63) is 53.2 Å². The molecule has 1 heterocycles. The summed E-state index contributed by atoms with van der Waals surface area (Å²) in [5, 5.41) is 0. The Balaban J connectivity index is 1.86. The van der Waals surface area contributed by atoms with Gasteiger partial charge in [0.2, 0.25) is 5.88 Å². The third kappa shape index (κ3) is 2.41. The molecular weight excluding hydrogens is 236 g/mol. The molecule has 0 bridgehead atoms. The normalized spacial score (nSPS) is 17.8. The van der Waals surface area contributed by atoms with Crippen LogP contribution >= 0.6 is 0 Å². The Morgan fingerprint density at radius 1 is 1.32 bits per heavy atom. The average molecular weight is 254 g/mol. The molecule has 0 saturated carbocycles. The number of hydrogen-bond acceptors (Lipinski definition) is 3. The van der Waals surface area contributed by atoms with Crippen LogP contribution in [-0.4, -0.2) is 4.98 Å². The topological polar surface area (TPSA) is 48.1 Å². The van der Waals surface area contributed by atoms with E-state index in [-0.39, 0.29) is 6.10 Å². The first kappa shape index (κ1) is 12.0. The van der Waals surface area contributed by atoms with E-state index in [0.29, 0.717) is 5.88 Å². The molecule has 2 aromatic rings. The lowest BCUT2D eigenvalue weighted by atomic mass is 9.89. The fourth-order valence-corrected chi connectivity index (χ4v) is 2.56. The first-order chi connectivity index (χ1) is 9.24. The average Bonchev–Trinajstić information content (AvgIpc) is 2.43. The minimum absolute atomic E-state index is 0.0968. The zero-order chi connectivity index (χ0) is 13.2. The lowest BCUT2D eigenvalue weighted by molar-refractivity contribution is 0.176. The summed E-state index contributed by atoms with van der Waals surface area (Å²) in [6.45, 7) is 1.95. The van der Waals surface area contributed by atoms with Crippen LogP contribution < -0.4 is 10.5 Å². The van der Waals surface area contributed by atoms with Crippen molar-refractivity contribution in [3.8, 4) is 5.88 Å². The number of pyridine rings is 1. The van der Waals surface area contributed by atoms with E-state index in [1.165, 1.54) is 11.1 Å². The van der Waals surface area contributed by atoms with E-state index in [2.05, 4.69) is 29.2 Å². The van der Waals surface area contributed by atoms with E-state index in [0.717, 1.165) is 30.5 Å². The van der Waals surface area contributed by atoms with Gasteiger partial charge in [-0.25, -0.2) is 4.98 Å². The van der Waals surface area contributed by atoms with Gasteiger partial charge in [0.25, 0.3) is 0 Å². The number of rotatable bonds is 2. The molecule has 1 aromatic carbocycles. The highest BCUT2D eigenvalue weighted by Gasteiger charge is 2.21. The lowest BCUT2D eigenvalue weighted by Gasteiger charge is -2.25. The quantitative estimate of drug-likeness (QED) is 0.893. The van der Waals surface area contributed by atoms with Crippen molar-refractivity contribution in [2.45, 2.75) is 32.3 Å². The lowest BCUT2D eigenvalue weighted by Crippen LogP contribution is -2.15. The monoisotopic (exact) mass is 254 g/mol. The number of nitrogen functional groups attached to an aromatic ring is 1. The van der Waals surface area contributed by atoms with E-state index < -0.39 is 0 Å². The Hall–Kier alpha value is -2.03. The van der Waals surface area contributed by atoms with Crippen molar-refractivity contribution in [1.82, 2.24) is 4.98 Å². The van der Waals surface area contributed by atoms with Gasteiger partial charge in [-0.05, 0) is 42.9 Å². The number of fused-ring (bicyclic) bond motifs is 1. The standard InChI is InChI=1S/C16H18N2O/c1-11-10-18-16(9-14(11)17)19-15-8-4-6-12-5-2-3-7-13(12)15/h2-3,5,7,9-10,15H,4,6,8H2,1H3,(H2,17,18). The summed E-state index contributed by atoms with van der Waals surface area (Å²) in [7, 11) is 0. The highest BCUT2D eigenvalue weighted by atomic mass is 16.5. The Morgan fingerprint density at radius 2 is 2.16 bits per heavy atom. The molecule has 1 aliphatic rings. The maximum atomic E-state index is 6.03. The van der Waals surface area contributed by atoms with Gasteiger partial charge in [-0.3, -0.25) is 0 Å². The molecule has 0 saturated heterocycles. The first-order valence-electron chi connectivity index (χ1n) is 6.70. The Kier molecular flexibility index (Phi) is 3.11. The second-order valence-corrected chi connectivity index (χ2v) is 5.08. The summed E-state index contributed by atoms with van der Waals surface area (Å²) in [6.07, 6.45) is 5.19. The van der Waals surface area contributed by atoms with Crippen LogP contribution in [0.2, 0.25) is 0 Å². The van der Waals surface area contributed by atoms with Crippen LogP contribution in [0, 0.1) is 6.92 Å². The van der Waals surface area contributed by atoms with Crippen molar-refractivity contribution >= 4 is 5.69 Å². The number of nitrogens with two attached hydrogens (primary N) is 1. The number of nitrogens with zero attached hydrogens (tertiary/aromatic N) is 1. The van der Waals surface area contributed by atoms with Crippen molar-refractivity contribution in [3.63, 3.8) is 0 Å². The number of aryl methyl sites for hydroxylation is 2. The van der Waals surface area contributed by atoms with Crippen LogP contribution in [-0.2, 0) is 6.42 Å². The van der Waals surface area contributed by atoms with Gasteiger partial charge < -0.3 is 10.5 Å². The Bertz CT molecular complexity index is 595. The molecule has 0 spiro atoms. The van der Waals surface area contributed by atoms with Crippen LogP contribution in [0.1, 0.15) is 35.6 Å². The third-order valence-electron chi connectivity index (χ3n) is 3.70. The minimum atomic E-state index is 0.0968. The van der Waals surface area contributed by atoms with Crippen LogP contribution in [0.5, 0.6) is 5.88 Å². The second kappa shape index (κ2) is 4.92. The van der Waals surface area contributed by atoms with Gasteiger partial charge in [-0.2, -0.15) is 0 Å². The van der Waals surface area contributed by atoms with Gasteiger partial charge in [0, 0.05) is 18.0 Å². The van der Waals surface area contributed by atoms with E-state index in [9.17, 15) is 0 Å². The smallest absolute Gasteiger partial charge is 0.215 e. The van der Waals surface area contributed by atoms with Gasteiger partial charge in [0.1, 0.15) is 6.10 Å². The first-order valence-corrected chi connectivity index (χ1v) is 6.70. The zero-order valence-corrected chi connectivity index (χ0v) is 11.1. The third-order valence-corrected chi connectivity index (χ3v) is 3.70. The summed E-state index contributed by atoms with van der Waals surface area (Å²) in [5.41, 5.74) is 10.3. The predicted molar refractivity (Wildman–Crippen MR) is 76.1 cm³/mol. The highest BCUT2D eigenvalue weighted by Crippen LogP contribution is 2.33. The molecule has 3 nitrogen and oxygen atoms in total. The molecule has 19 heavy (non-hydrogen) atoms. The van der Waals surface area contributed by atoms with Crippen molar-refractivity contribution < 1.29 is 4.74 Å². The van der Waals surface area contributed by atoms with Gasteiger partial charge >= 0.3 is 0 Å². The van der Waals surface area contributed by atoms with Crippen LogP contribution in [0.4, 0.5) is 5.69 Å². The SMILES string of the molecule is Cc1cnc(OC2CCCc3ccccc32)cc1N. The van der Waals surface area contributed by atoms with Crippen molar-refractivity contribution in [2.75, 3.05) is 5.73 Å². The van der Waals surface area contributed by atoms with E-state index in [4.69, 9.17) is 10.5 Å². The molecule has 0 amide bonds. The van der Waals surface area contributed by atoms with Crippen LogP contribution in [0.25, 0.3) is 0 Å². The molecule has 1 aliphatic carbocycles. The Morgan fingerprint density at radius 3 is 3.00 bits per heavy atom. The maximum absolute atomic E-state index is 6.03. The van der Waals surface area contributed by atoms with E-state index in [1.807, 2.05) is 13.0 Å². The number of anilines is 1. The fraction of sp³-hybridized carbons (Fsp3) is 0.312. The summed E-state index contributed by atoms with van der Waals surface area (Å²) < 4.78 is 6.03. The van der Waals surface area contributed by atoms with Crippen LogP contribution in [0.3, 0.4) is 0 Å². The van der Waals surface area contributed by atoms with Gasteiger partial charge in [0.15, 0.2) is 0 Å². The molecule has 0 radical (unpaired) electrons. The molecule has 0 aliphatic heterocycles. The molecule has 3 heteroatoms. The molecule has 1 unspecified atom stereocenters. The van der Waals surface area contributed by atoms with Crippen LogP contribution in [0.15, 0.2) is 36.5 Å². The number of aromatic nitrogens is 1. The zero-order valence-electron chi connectivity index (χ0n) is 11.1. The molecule has 0 fully saturated rings. The van der Waals surface area contributed by atoms with Crippen molar-refractivity contribution in [1.29, 1.82) is 0 Å². The largest absolute Gasteiger partial charge is 0.469 e. The highest BCUT2D eigenvalue weighted by molar-refractivity contribution is 5.47. The van der Waals surface area contributed by atoms with Crippen molar-refractivity contribution in [2.24, 2.45) is 0 Å². The van der Waals surface area contributed by atoms with Gasteiger partial charge in [0.05, 0.1) is 0 Å². The summed E-state index contributed by atoms with van der Waals surface area (Å²) in [4.78, 5) is 4.30. The summed E-state index contributed by atoms with van der Waals surface area (Å²) in [5.74, 6) is 0.616. The fourth-order valence-electron chi connectivity index (χ4n) is 2.56. The molecule has 3 rings (SSSR count). The molecular formula is C16H18N2O. The maximum Gasteiger partial charge on any atom is 0.215 e. The predicted octanol–water partition coefficient (Wildman–Crippen LogP) is 3.43. The number of benzene rings is 1. The number of hydrogen-bond donors (Lipinski definition) is 1. The van der Waals surface area contributed by atoms with E-state index in [1.54, 1.807) is 6.20 Å². The molecule has 2 N–H and O–H groups in total. The van der Waals surface area contributed by atoms with Gasteiger partial charge in [-0.1, -0.05) is 24.3 Å². The summed E-state index contributed by atoms with van der Waals surface area (Å²) >= 11 is 0. The molecule has 1 aromatic heterocycles. The summed E-state index contributed by atoms with van der Waals surface area (Å²) in [6, 6.07) is 10.3. The minimum Gasteiger partial charge on any atom is -0.469 e. The molecule has 98 valence electrons. The van der Waals surface area contributed by atoms with E-state index >= 15 is 0 Å². The number of ether oxygens (including phenoxy) is 1.